The fourth-order valence-corrected chi connectivity index (χ4v) is 1.59. The summed E-state index contributed by atoms with van der Waals surface area (Å²) in [5, 5.41) is 0. The molecule has 1 aromatic carbocycles. The molecular formula is C10H16O6P2. The standard InChI is InChI=1S/C10H13O2P.H3O4P/c1-2-6-10(12-13-11)9-7-4-3-5-8-9;1-5(2,3)4/h3-5,7-8,10H,2,6H2,1H3;(H3,1,2,3,4). The van der Waals surface area contributed by atoms with Crippen molar-refractivity contribution < 1.29 is 28.3 Å². The minimum Gasteiger partial charge on any atom is -0.303 e. The van der Waals surface area contributed by atoms with Crippen LogP contribution in [-0.4, -0.2) is 14.7 Å². The second-order valence-corrected chi connectivity index (χ2v) is 4.77. The molecule has 0 saturated heterocycles. The Bertz CT molecular complexity index is 369. The predicted octanol–water partition coefficient (Wildman–Crippen LogP) is 2.82. The van der Waals surface area contributed by atoms with E-state index in [4.69, 9.17) is 23.8 Å². The molecule has 0 saturated carbocycles. The van der Waals surface area contributed by atoms with Crippen molar-refractivity contribution in [3.05, 3.63) is 35.9 Å². The molecule has 3 N–H and O–H groups in total. The van der Waals surface area contributed by atoms with Gasteiger partial charge < -0.3 is 14.7 Å². The van der Waals surface area contributed by atoms with Gasteiger partial charge in [-0.15, -0.1) is 0 Å². The first-order chi connectivity index (χ1) is 8.38. The third-order valence-corrected chi connectivity index (χ3v) is 2.23. The molecule has 1 atom stereocenters. The summed E-state index contributed by atoms with van der Waals surface area (Å²) in [6.07, 6.45) is 1.89. The van der Waals surface area contributed by atoms with E-state index in [1.54, 1.807) is 0 Å². The Morgan fingerprint density at radius 1 is 1.28 bits per heavy atom. The summed E-state index contributed by atoms with van der Waals surface area (Å²) in [5.74, 6) is 0. The maximum Gasteiger partial charge on any atom is 0.466 e. The van der Waals surface area contributed by atoms with Gasteiger partial charge in [0.15, 0.2) is 0 Å². The van der Waals surface area contributed by atoms with E-state index >= 15 is 0 Å². The van der Waals surface area contributed by atoms with E-state index in [1.165, 1.54) is 0 Å². The Morgan fingerprint density at radius 2 is 1.78 bits per heavy atom. The van der Waals surface area contributed by atoms with Gasteiger partial charge in [-0.1, -0.05) is 43.7 Å². The molecule has 0 radical (unpaired) electrons. The van der Waals surface area contributed by atoms with Crippen molar-refractivity contribution in [3.63, 3.8) is 0 Å². The maximum atomic E-state index is 10.3. The minimum atomic E-state index is -4.64. The summed E-state index contributed by atoms with van der Waals surface area (Å²) in [6.45, 7) is 2.08. The van der Waals surface area contributed by atoms with Gasteiger partial charge in [0.1, 0.15) is 0 Å². The van der Waals surface area contributed by atoms with Crippen molar-refractivity contribution in [3.8, 4) is 0 Å². The molecule has 18 heavy (non-hydrogen) atoms. The van der Waals surface area contributed by atoms with Crippen LogP contribution in [0.3, 0.4) is 0 Å². The lowest BCUT2D eigenvalue weighted by atomic mass is 10.1. The molecule has 6 nitrogen and oxygen atoms in total. The van der Waals surface area contributed by atoms with Crippen LogP contribution in [-0.2, 0) is 13.7 Å². The van der Waals surface area contributed by atoms with Gasteiger partial charge in [0.25, 0.3) is 0 Å². The molecule has 0 fully saturated rings. The topological polar surface area (TPSA) is 104 Å². The minimum absolute atomic E-state index is 0.0367. The molecule has 0 aliphatic carbocycles. The van der Waals surface area contributed by atoms with Crippen LogP contribution in [0.1, 0.15) is 31.4 Å². The van der Waals surface area contributed by atoms with Crippen molar-refractivity contribution in [2.75, 3.05) is 0 Å². The number of benzene rings is 1. The maximum absolute atomic E-state index is 10.3. The van der Waals surface area contributed by atoms with Crippen molar-refractivity contribution in [1.29, 1.82) is 0 Å². The number of hydrogen-bond acceptors (Lipinski definition) is 3. The summed E-state index contributed by atoms with van der Waals surface area (Å²) in [5.41, 5.74) is 1.09. The fourth-order valence-electron chi connectivity index (χ4n) is 1.26. The molecular weight excluding hydrogens is 278 g/mol. The Labute approximate surface area is 107 Å². The van der Waals surface area contributed by atoms with Crippen molar-refractivity contribution in [2.24, 2.45) is 0 Å². The van der Waals surface area contributed by atoms with Crippen LogP contribution in [0.25, 0.3) is 0 Å². The summed E-state index contributed by atoms with van der Waals surface area (Å²) < 4.78 is 24.3. The Hall–Kier alpha value is -0.610. The quantitative estimate of drug-likeness (QED) is 0.721. The number of hydrogen-bond donors (Lipinski definition) is 3. The molecule has 1 rings (SSSR count). The molecule has 0 aromatic heterocycles. The van der Waals surface area contributed by atoms with E-state index in [2.05, 4.69) is 6.92 Å². The molecule has 0 spiro atoms. The van der Waals surface area contributed by atoms with Gasteiger partial charge in [-0.05, 0) is 12.0 Å². The smallest absolute Gasteiger partial charge is 0.303 e. The Kier molecular flexibility index (Phi) is 9.02. The largest absolute Gasteiger partial charge is 0.466 e. The zero-order valence-corrected chi connectivity index (χ0v) is 11.6. The lowest BCUT2D eigenvalue weighted by molar-refractivity contribution is 0.216. The van der Waals surface area contributed by atoms with Gasteiger partial charge in [0, 0.05) is 0 Å². The first-order valence-corrected chi connectivity index (χ1v) is 7.49. The zero-order chi connectivity index (χ0) is 14.0. The summed E-state index contributed by atoms with van der Waals surface area (Å²) >= 11 is 0. The molecule has 1 unspecified atom stereocenters. The lowest BCUT2D eigenvalue weighted by Crippen LogP contribution is -1.97. The number of phosphoric acid groups is 1. The van der Waals surface area contributed by atoms with Crippen LogP contribution in [0, 0.1) is 0 Å². The normalized spacial score (nSPS) is 12.7. The number of rotatable bonds is 5. The molecule has 0 aliphatic heterocycles. The van der Waals surface area contributed by atoms with E-state index in [0.717, 1.165) is 18.4 Å². The van der Waals surface area contributed by atoms with Crippen LogP contribution >= 0.6 is 16.5 Å². The highest BCUT2D eigenvalue weighted by Crippen LogP contribution is 2.26. The monoisotopic (exact) mass is 294 g/mol. The second-order valence-electron chi connectivity index (χ2n) is 3.38. The highest BCUT2D eigenvalue weighted by Gasteiger charge is 2.10. The molecule has 8 heteroatoms. The van der Waals surface area contributed by atoms with Crippen LogP contribution < -0.4 is 0 Å². The summed E-state index contributed by atoms with van der Waals surface area (Å²) in [7, 11) is -4.88. The van der Waals surface area contributed by atoms with E-state index < -0.39 is 7.82 Å². The summed E-state index contributed by atoms with van der Waals surface area (Å²) in [4.78, 5) is 21.6. The van der Waals surface area contributed by atoms with Crippen LogP contribution in [0.4, 0.5) is 0 Å². The Morgan fingerprint density at radius 3 is 2.17 bits per heavy atom. The second kappa shape index (κ2) is 9.34. The average Bonchev–Trinajstić information content (AvgIpc) is 2.28. The molecule has 0 heterocycles. The Balaban J connectivity index is 0.000000494. The fraction of sp³-hybridized carbons (Fsp3) is 0.400. The molecule has 102 valence electrons. The average molecular weight is 294 g/mol. The first kappa shape index (κ1) is 17.4. The first-order valence-electron chi connectivity index (χ1n) is 5.20. The third kappa shape index (κ3) is 10.5. The molecule has 1 aromatic rings. The highest BCUT2D eigenvalue weighted by molar-refractivity contribution is 7.45. The SMILES string of the molecule is CCCC(OP=O)c1ccccc1.O=P(O)(O)O. The third-order valence-electron chi connectivity index (χ3n) is 1.89. The van der Waals surface area contributed by atoms with E-state index in [-0.39, 0.29) is 14.8 Å². The predicted molar refractivity (Wildman–Crippen MR) is 67.0 cm³/mol. The zero-order valence-electron chi connectivity index (χ0n) is 9.84. The van der Waals surface area contributed by atoms with E-state index in [9.17, 15) is 4.57 Å². The lowest BCUT2D eigenvalue weighted by Gasteiger charge is -2.11. The summed E-state index contributed by atoms with van der Waals surface area (Å²) in [6, 6.07) is 9.87. The van der Waals surface area contributed by atoms with Gasteiger partial charge in [0.2, 0.25) is 0 Å². The van der Waals surface area contributed by atoms with E-state index in [1.807, 2.05) is 30.3 Å². The van der Waals surface area contributed by atoms with Crippen LogP contribution in [0.15, 0.2) is 30.3 Å². The van der Waals surface area contributed by atoms with Crippen LogP contribution in [0.5, 0.6) is 0 Å². The van der Waals surface area contributed by atoms with Gasteiger partial charge in [0.05, 0.1) is 6.10 Å². The molecule has 0 aliphatic rings. The van der Waals surface area contributed by atoms with Gasteiger partial charge in [-0.3, -0.25) is 4.52 Å². The van der Waals surface area contributed by atoms with Gasteiger partial charge >= 0.3 is 16.5 Å². The molecule has 0 bridgehead atoms. The van der Waals surface area contributed by atoms with Gasteiger partial charge in [-0.25, -0.2) is 9.13 Å². The van der Waals surface area contributed by atoms with Crippen molar-refractivity contribution in [1.82, 2.24) is 0 Å². The van der Waals surface area contributed by atoms with Crippen LogP contribution in [0.2, 0.25) is 0 Å². The molecule has 0 amide bonds. The van der Waals surface area contributed by atoms with Crippen molar-refractivity contribution in [2.45, 2.75) is 25.9 Å². The van der Waals surface area contributed by atoms with E-state index in [0.29, 0.717) is 0 Å². The van der Waals surface area contributed by atoms with Gasteiger partial charge in [-0.2, -0.15) is 0 Å². The highest BCUT2D eigenvalue weighted by atomic mass is 31.2. The van der Waals surface area contributed by atoms with Crippen molar-refractivity contribution >= 4 is 16.5 Å².